The Morgan fingerprint density at radius 2 is 2.21 bits per heavy atom. The largest absolute Gasteiger partial charge is 0.489 e. The van der Waals surface area contributed by atoms with Crippen molar-refractivity contribution in [3.63, 3.8) is 0 Å². The van der Waals surface area contributed by atoms with Gasteiger partial charge in [0.2, 0.25) is 0 Å². The van der Waals surface area contributed by atoms with E-state index in [1.807, 2.05) is 24.3 Å². The monoisotopic (exact) mass is 319 g/mol. The van der Waals surface area contributed by atoms with Gasteiger partial charge in [0.05, 0.1) is 6.10 Å². The summed E-state index contributed by atoms with van der Waals surface area (Å²) in [6.07, 6.45) is 4.97. The number of aliphatic hydroxyl groups excluding tert-OH is 1. The van der Waals surface area contributed by atoms with Gasteiger partial charge in [0.25, 0.3) is 0 Å². The third-order valence-electron chi connectivity index (χ3n) is 3.33. The molecule has 1 aromatic heterocycles. The second-order valence-electron chi connectivity index (χ2n) is 4.72. The average Bonchev–Trinajstić information content (AvgIpc) is 2.78. The quantitative estimate of drug-likeness (QED) is 0.942. The molecule has 0 saturated carbocycles. The van der Waals surface area contributed by atoms with Crippen molar-refractivity contribution in [2.45, 2.75) is 25.6 Å². The number of aliphatic hydroxyl groups is 1. The van der Waals surface area contributed by atoms with E-state index in [1.54, 1.807) is 12.4 Å². The predicted octanol–water partition coefficient (Wildman–Crippen LogP) is 3.40. The SMILES string of the molecule is OC1CCc2cc(OCc3cncc(Br)c3)ccc21. The van der Waals surface area contributed by atoms with Gasteiger partial charge < -0.3 is 9.84 Å². The first kappa shape index (κ1) is 12.6. The van der Waals surface area contributed by atoms with Gasteiger partial charge in [-0.2, -0.15) is 0 Å². The van der Waals surface area contributed by atoms with Crippen LogP contribution in [0.4, 0.5) is 0 Å². The molecule has 98 valence electrons. The standard InChI is InChI=1S/C15H14BrNO2/c16-12-5-10(7-17-8-12)9-19-13-2-3-14-11(6-13)1-4-15(14)18/h2-3,5-8,15,18H,1,4,9H2. The first-order valence-electron chi connectivity index (χ1n) is 6.25. The van der Waals surface area contributed by atoms with E-state index in [0.717, 1.165) is 34.2 Å². The molecule has 1 atom stereocenters. The highest BCUT2D eigenvalue weighted by Crippen LogP contribution is 2.33. The Hall–Kier alpha value is -1.39. The van der Waals surface area contributed by atoms with Crippen molar-refractivity contribution >= 4 is 15.9 Å². The maximum absolute atomic E-state index is 9.76. The Morgan fingerprint density at radius 3 is 3.05 bits per heavy atom. The van der Waals surface area contributed by atoms with Gasteiger partial charge in [0.15, 0.2) is 0 Å². The Bertz CT molecular complexity index is 600. The minimum atomic E-state index is -0.307. The Labute approximate surface area is 120 Å². The molecule has 3 rings (SSSR count). The van der Waals surface area contributed by atoms with Crippen LogP contribution in [0.3, 0.4) is 0 Å². The van der Waals surface area contributed by atoms with E-state index >= 15 is 0 Å². The van der Waals surface area contributed by atoms with Crippen LogP contribution in [0.2, 0.25) is 0 Å². The molecule has 0 bridgehead atoms. The molecular weight excluding hydrogens is 306 g/mol. The molecule has 1 N–H and O–H groups in total. The van der Waals surface area contributed by atoms with Gasteiger partial charge in [0.1, 0.15) is 12.4 Å². The molecule has 1 aromatic carbocycles. The van der Waals surface area contributed by atoms with Gasteiger partial charge in [-0.25, -0.2) is 0 Å². The second kappa shape index (κ2) is 5.31. The summed E-state index contributed by atoms with van der Waals surface area (Å²) in [7, 11) is 0. The van der Waals surface area contributed by atoms with Crippen LogP contribution in [0.25, 0.3) is 0 Å². The Kier molecular flexibility index (Phi) is 3.53. The number of fused-ring (bicyclic) bond motifs is 1. The van der Waals surface area contributed by atoms with Crippen molar-refractivity contribution in [3.8, 4) is 5.75 Å². The lowest BCUT2D eigenvalue weighted by atomic mass is 10.1. The molecule has 19 heavy (non-hydrogen) atoms. The van der Waals surface area contributed by atoms with Crippen LogP contribution in [0, 0.1) is 0 Å². The summed E-state index contributed by atoms with van der Waals surface area (Å²) in [4.78, 5) is 4.10. The minimum absolute atomic E-state index is 0.307. The molecule has 0 radical (unpaired) electrons. The lowest BCUT2D eigenvalue weighted by molar-refractivity contribution is 0.180. The van der Waals surface area contributed by atoms with E-state index < -0.39 is 0 Å². The van der Waals surface area contributed by atoms with Gasteiger partial charge in [-0.1, -0.05) is 6.07 Å². The molecule has 0 saturated heterocycles. The lowest BCUT2D eigenvalue weighted by Crippen LogP contribution is -1.97. The smallest absolute Gasteiger partial charge is 0.120 e. The molecule has 1 unspecified atom stereocenters. The lowest BCUT2D eigenvalue weighted by Gasteiger charge is -2.09. The topological polar surface area (TPSA) is 42.4 Å². The third-order valence-corrected chi connectivity index (χ3v) is 3.76. The molecule has 1 aliphatic carbocycles. The molecule has 3 nitrogen and oxygen atoms in total. The van der Waals surface area contributed by atoms with E-state index in [0.29, 0.717) is 6.61 Å². The van der Waals surface area contributed by atoms with Gasteiger partial charge in [-0.3, -0.25) is 4.98 Å². The summed E-state index contributed by atoms with van der Waals surface area (Å²) in [5.41, 5.74) is 3.25. The number of aryl methyl sites for hydroxylation is 1. The Balaban J connectivity index is 1.71. The normalized spacial score (nSPS) is 17.3. The zero-order valence-electron chi connectivity index (χ0n) is 10.3. The third kappa shape index (κ3) is 2.80. The fourth-order valence-electron chi connectivity index (χ4n) is 2.36. The van der Waals surface area contributed by atoms with Crippen LogP contribution in [-0.2, 0) is 13.0 Å². The number of benzene rings is 1. The van der Waals surface area contributed by atoms with E-state index in [1.165, 1.54) is 5.56 Å². The van der Waals surface area contributed by atoms with Gasteiger partial charge in [-0.15, -0.1) is 0 Å². The first-order chi connectivity index (χ1) is 9.22. The summed E-state index contributed by atoms with van der Waals surface area (Å²) in [5.74, 6) is 0.841. The van der Waals surface area contributed by atoms with Crippen LogP contribution in [0.15, 0.2) is 41.1 Å². The fourth-order valence-corrected chi connectivity index (χ4v) is 2.77. The molecule has 0 amide bonds. The highest BCUT2D eigenvalue weighted by atomic mass is 79.9. The fraction of sp³-hybridized carbons (Fsp3) is 0.267. The van der Waals surface area contributed by atoms with E-state index in [4.69, 9.17) is 4.74 Å². The van der Waals surface area contributed by atoms with Crippen molar-refractivity contribution in [1.29, 1.82) is 0 Å². The number of nitrogens with zero attached hydrogens (tertiary/aromatic N) is 1. The van der Waals surface area contributed by atoms with E-state index in [9.17, 15) is 5.11 Å². The number of pyridine rings is 1. The minimum Gasteiger partial charge on any atom is -0.489 e. The number of rotatable bonds is 3. The van der Waals surface area contributed by atoms with Gasteiger partial charge in [0, 0.05) is 22.4 Å². The number of aromatic nitrogens is 1. The van der Waals surface area contributed by atoms with Crippen LogP contribution in [-0.4, -0.2) is 10.1 Å². The molecule has 2 aromatic rings. The zero-order chi connectivity index (χ0) is 13.2. The van der Waals surface area contributed by atoms with Crippen molar-refractivity contribution in [1.82, 2.24) is 4.98 Å². The summed E-state index contributed by atoms with van der Waals surface area (Å²) in [6, 6.07) is 7.89. The molecule has 1 aliphatic rings. The predicted molar refractivity (Wildman–Crippen MR) is 76.0 cm³/mol. The molecule has 0 spiro atoms. The molecule has 0 aliphatic heterocycles. The summed E-state index contributed by atoms with van der Waals surface area (Å²) < 4.78 is 6.71. The second-order valence-corrected chi connectivity index (χ2v) is 5.63. The molecular formula is C15H14BrNO2. The van der Waals surface area contributed by atoms with Gasteiger partial charge in [-0.05, 0) is 58.1 Å². The van der Waals surface area contributed by atoms with Crippen molar-refractivity contribution in [3.05, 3.63) is 57.8 Å². The first-order valence-corrected chi connectivity index (χ1v) is 7.05. The molecule has 4 heteroatoms. The number of halogens is 1. The van der Waals surface area contributed by atoms with Crippen molar-refractivity contribution < 1.29 is 9.84 Å². The maximum atomic E-state index is 9.76. The van der Waals surface area contributed by atoms with Gasteiger partial charge >= 0.3 is 0 Å². The van der Waals surface area contributed by atoms with Crippen LogP contribution < -0.4 is 4.74 Å². The van der Waals surface area contributed by atoms with Crippen molar-refractivity contribution in [2.24, 2.45) is 0 Å². The van der Waals surface area contributed by atoms with Crippen LogP contribution >= 0.6 is 15.9 Å². The zero-order valence-corrected chi connectivity index (χ0v) is 11.9. The number of hydrogen-bond donors (Lipinski definition) is 1. The van der Waals surface area contributed by atoms with E-state index in [-0.39, 0.29) is 6.10 Å². The van der Waals surface area contributed by atoms with Crippen molar-refractivity contribution in [2.75, 3.05) is 0 Å². The molecule has 1 heterocycles. The Morgan fingerprint density at radius 1 is 1.32 bits per heavy atom. The number of ether oxygens (including phenoxy) is 1. The van der Waals surface area contributed by atoms with E-state index in [2.05, 4.69) is 20.9 Å². The summed E-state index contributed by atoms with van der Waals surface area (Å²) >= 11 is 3.39. The van der Waals surface area contributed by atoms with Crippen LogP contribution in [0.5, 0.6) is 5.75 Å². The highest BCUT2D eigenvalue weighted by Gasteiger charge is 2.20. The highest BCUT2D eigenvalue weighted by molar-refractivity contribution is 9.10. The molecule has 0 fully saturated rings. The summed E-state index contributed by atoms with van der Waals surface area (Å²) in [5, 5.41) is 9.76. The summed E-state index contributed by atoms with van der Waals surface area (Å²) in [6.45, 7) is 0.494. The maximum Gasteiger partial charge on any atom is 0.120 e. The average molecular weight is 320 g/mol. The van der Waals surface area contributed by atoms with Crippen LogP contribution in [0.1, 0.15) is 29.2 Å². The number of hydrogen-bond acceptors (Lipinski definition) is 3.